The van der Waals surface area contributed by atoms with Crippen molar-refractivity contribution < 1.29 is 5.11 Å². The first-order valence-electron chi connectivity index (χ1n) is 6.51. The number of aryl methyl sites for hydroxylation is 2. The van der Waals surface area contributed by atoms with E-state index in [4.69, 9.17) is 5.73 Å². The van der Waals surface area contributed by atoms with E-state index < -0.39 is 0 Å². The average molecular weight is 256 g/mol. The maximum atomic E-state index is 9.79. The predicted molar refractivity (Wildman–Crippen MR) is 80.4 cm³/mol. The first-order chi connectivity index (χ1) is 9.10. The van der Waals surface area contributed by atoms with E-state index in [1.807, 2.05) is 0 Å². The molecule has 0 aliphatic carbocycles. The summed E-state index contributed by atoms with van der Waals surface area (Å²) in [5, 5.41) is 13.1. The first-order valence-corrected chi connectivity index (χ1v) is 6.51. The van der Waals surface area contributed by atoms with E-state index in [0.29, 0.717) is 12.2 Å². The van der Waals surface area contributed by atoms with Gasteiger partial charge in [-0.3, -0.25) is 0 Å². The minimum Gasteiger partial charge on any atom is -0.508 e. The van der Waals surface area contributed by atoms with Crippen molar-refractivity contribution in [2.45, 2.75) is 26.8 Å². The molecule has 4 N–H and O–H groups in total. The minimum absolute atomic E-state index is 0.269. The van der Waals surface area contributed by atoms with Gasteiger partial charge in [0.05, 0.1) is 0 Å². The van der Waals surface area contributed by atoms with Crippen molar-refractivity contribution in [1.29, 1.82) is 0 Å². The molecule has 2 aromatic rings. The third-order valence-electron chi connectivity index (χ3n) is 3.28. The number of anilines is 2. The molecule has 0 radical (unpaired) electrons. The standard InChI is InChI=1S/C16H20N2O/c1-3-12-5-4-11(2)15(8-12)18-10-13-9-14(17)6-7-16(13)19/h4-9,18-19H,3,10,17H2,1-2H3. The van der Waals surface area contributed by atoms with Gasteiger partial charge in [-0.15, -0.1) is 0 Å². The van der Waals surface area contributed by atoms with Crippen molar-refractivity contribution in [2.24, 2.45) is 0 Å². The van der Waals surface area contributed by atoms with Crippen LogP contribution in [0.15, 0.2) is 36.4 Å². The highest BCUT2D eigenvalue weighted by atomic mass is 16.3. The van der Waals surface area contributed by atoms with E-state index in [2.05, 4.69) is 37.4 Å². The molecule has 2 rings (SSSR count). The number of nitrogens with two attached hydrogens (primary N) is 1. The van der Waals surface area contributed by atoms with Crippen LogP contribution in [-0.4, -0.2) is 5.11 Å². The SMILES string of the molecule is CCc1ccc(C)c(NCc2cc(N)ccc2O)c1. The van der Waals surface area contributed by atoms with Gasteiger partial charge in [-0.1, -0.05) is 19.1 Å². The predicted octanol–water partition coefficient (Wildman–Crippen LogP) is 3.46. The van der Waals surface area contributed by atoms with Crippen LogP contribution < -0.4 is 11.1 Å². The maximum absolute atomic E-state index is 9.79. The number of benzene rings is 2. The summed E-state index contributed by atoms with van der Waals surface area (Å²) in [6, 6.07) is 11.5. The number of hydrogen-bond donors (Lipinski definition) is 3. The largest absolute Gasteiger partial charge is 0.508 e. The lowest BCUT2D eigenvalue weighted by Gasteiger charge is -2.12. The first kappa shape index (κ1) is 13.3. The van der Waals surface area contributed by atoms with Gasteiger partial charge in [-0.25, -0.2) is 0 Å². The molecule has 3 nitrogen and oxygen atoms in total. The van der Waals surface area contributed by atoms with E-state index in [1.54, 1.807) is 18.2 Å². The highest BCUT2D eigenvalue weighted by Crippen LogP contribution is 2.23. The lowest BCUT2D eigenvalue weighted by molar-refractivity contribution is 0.469. The third-order valence-corrected chi connectivity index (χ3v) is 3.28. The van der Waals surface area contributed by atoms with Crippen molar-refractivity contribution in [3.05, 3.63) is 53.1 Å². The highest BCUT2D eigenvalue weighted by molar-refractivity contribution is 5.54. The minimum atomic E-state index is 0.269. The number of nitrogens with one attached hydrogen (secondary N) is 1. The van der Waals surface area contributed by atoms with Gasteiger partial charge in [-0.2, -0.15) is 0 Å². The Balaban J connectivity index is 2.16. The summed E-state index contributed by atoms with van der Waals surface area (Å²) >= 11 is 0. The Morgan fingerprint density at radius 1 is 1.16 bits per heavy atom. The zero-order valence-corrected chi connectivity index (χ0v) is 11.4. The van der Waals surface area contributed by atoms with Crippen molar-refractivity contribution in [3.8, 4) is 5.75 Å². The van der Waals surface area contributed by atoms with Crippen LogP contribution in [0.4, 0.5) is 11.4 Å². The lowest BCUT2D eigenvalue weighted by atomic mass is 10.1. The molecule has 0 heterocycles. The van der Waals surface area contributed by atoms with E-state index in [-0.39, 0.29) is 5.75 Å². The second-order valence-electron chi connectivity index (χ2n) is 4.74. The molecule has 2 aromatic carbocycles. The Kier molecular flexibility index (Phi) is 3.95. The van der Waals surface area contributed by atoms with Gasteiger partial charge in [0.25, 0.3) is 0 Å². The van der Waals surface area contributed by atoms with Crippen LogP contribution in [0.25, 0.3) is 0 Å². The quantitative estimate of drug-likeness (QED) is 0.580. The van der Waals surface area contributed by atoms with Gasteiger partial charge in [-0.05, 0) is 48.7 Å². The second kappa shape index (κ2) is 5.65. The van der Waals surface area contributed by atoms with Crippen LogP contribution in [0.2, 0.25) is 0 Å². The van der Waals surface area contributed by atoms with E-state index in [9.17, 15) is 5.11 Å². The lowest BCUT2D eigenvalue weighted by Crippen LogP contribution is -2.02. The number of aromatic hydroxyl groups is 1. The zero-order valence-electron chi connectivity index (χ0n) is 11.4. The fourth-order valence-electron chi connectivity index (χ4n) is 2.02. The maximum Gasteiger partial charge on any atom is 0.120 e. The fraction of sp³-hybridized carbons (Fsp3) is 0.250. The van der Waals surface area contributed by atoms with Crippen LogP contribution in [0.3, 0.4) is 0 Å². The van der Waals surface area contributed by atoms with Crippen LogP contribution >= 0.6 is 0 Å². The zero-order chi connectivity index (χ0) is 13.8. The molecule has 0 saturated carbocycles. The van der Waals surface area contributed by atoms with Crippen LogP contribution in [0, 0.1) is 6.92 Å². The Morgan fingerprint density at radius 2 is 1.95 bits per heavy atom. The third kappa shape index (κ3) is 3.19. The van der Waals surface area contributed by atoms with E-state index in [0.717, 1.165) is 17.7 Å². The molecule has 0 bridgehead atoms. The molecule has 0 aliphatic rings. The number of rotatable bonds is 4. The van der Waals surface area contributed by atoms with Gasteiger partial charge in [0.15, 0.2) is 0 Å². The summed E-state index contributed by atoms with van der Waals surface area (Å²) in [7, 11) is 0. The second-order valence-corrected chi connectivity index (χ2v) is 4.74. The van der Waals surface area contributed by atoms with E-state index in [1.165, 1.54) is 11.1 Å². The van der Waals surface area contributed by atoms with Gasteiger partial charge in [0.1, 0.15) is 5.75 Å². The molecule has 0 saturated heterocycles. The summed E-state index contributed by atoms with van der Waals surface area (Å²) in [6.45, 7) is 4.77. The van der Waals surface area contributed by atoms with Gasteiger partial charge < -0.3 is 16.2 Å². The van der Waals surface area contributed by atoms with Crippen LogP contribution in [0.1, 0.15) is 23.6 Å². The monoisotopic (exact) mass is 256 g/mol. The molecule has 100 valence electrons. The van der Waals surface area contributed by atoms with Crippen LogP contribution in [-0.2, 0) is 13.0 Å². The smallest absolute Gasteiger partial charge is 0.120 e. The summed E-state index contributed by atoms with van der Waals surface area (Å²) in [4.78, 5) is 0. The summed E-state index contributed by atoms with van der Waals surface area (Å²) in [6.07, 6.45) is 1.01. The van der Waals surface area contributed by atoms with Gasteiger partial charge in [0, 0.05) is 23.5 Å². The number of phenols is 1. The van der Waals surface area contributed by atoms with Gasteiger partial charge in [0.2, 0.25) is 0 Å². The Morgan fingerprint density at radius 3 is 2.68 bits per heavy atom. The number of hydrogen-bond acceptors (Lipinski definition) is 3. The summed E-state index contributed by atoms with van der Waals surface area (Å²) in [5.41, 5.74) is 10.8. The Labute approximate surface area is 114 Å². The van der Waals surface area contributed by atoms with Crippen molar-refractivity contribution in [2.75, 3.05) is 11.1 Å². The molecule has 0 spiro atoms. The fourth-order valence-corrected chi connectivity index (χ4v) is 2.02. The Hall–Kier alpha value is -2.16. The normalized spacial score (nSPS) is 10.4. The van der Waals surface area contributed by atoms with Gasteiger partial charge >= 0.3 is 0 Å². The molecule has 0 aliphatic heterocycles. The summed E-state index contributed by atoms with van der Waals surface area (Å²) in [5.74, 6) is 0.269. The highest BCUT2D eigenvalue weighted by Gasteiger charge is 2.04. The topological polar surface area (TPSA) is 58.3 Å². The molecular formula is C16H20N2O. The summed E-state index contributed by atoms with van der Waals surface area (Å²) < 4.78 is 0. The molecule has 0 amide bonds. The molecule has 0 unspecified atom stereocenters. The number of phenolic OH excluding ortho intramolecular Hbond substituents is 1. The molecule has 0 aromatic heterocycles. The molecule has 0 fully saturated rings. The van der Waals surface area contributed by atoms with Crippen LogP contribution in [0.5, 0.6) is 5.75 Å². The number of nitrogen functional groups attached to an aromatic ring is 1. The van der Waals surface area contributed by atoms with Crippen molar-refractivity contribution >= 4 is 11.4 Å². The van der Waals surface area contributed by atoms with Crippen molar-refractivity contribution in [3.63, 3.8) is 0 Å². The molecular weight excluding hydrogens is 236 g/mol. The molecule has 0 atom stereocenters. The van der Waals surface area contributed by atoms with E-state index >= 15 is 0 Å². The Bertz CT molecular complexity index is 579. The average Bonchev–Trinajstić information content (AvgIpc) is 2.41. The van der Waals surface area contributed by atoms with Crippen molar-refractivity contribution in [1.82, 2.24) is 0 Å². The molecule has 19 heavy (non-hydrogen) atoms. The molecule has 3 heteroatoms.